The number of nitrogens with zero attached hydrogens (tertiary/aromatic N) is 7. The lowest BCUT2D eigenvalue weighted by Crippen LogP contribution is -2.38. The Balaban J connectivity index is 1.02. The summed E-state index contributed by atoms with van der Waals surface area (Å²) in [6, 6.07) is 21.0. The molecule has 3 aromatic heterocycles. The first-order valence-corrected chi connectivity index (χ1v) is 12.6. The minimum atomic E-state index is -0.160. The first-order chi connectivity index (χ1) is 18.6. The number of carbonyl (C=O) groups is 2. The summed E-state index contributed by atoms with van der Waals surface area (Å²) in [5.74, 6) is 0.885. The van der Waals surface area contributed by atoms with Crippen LogP contribution in [-0.4, -0.2) is 59.6 Å². The standard InChI is InChI=1S/C28H26N8O2/c37-27(19-36-25-5-2-1-4-24(25)32-33-36)31-23-9-6-20(7-10-23)21-12-16-34(17-13-21)28(38)22-8-11-26(29-18-22)35-15-3-14-30-35/h1-11,14-15,18,21H,12-13,16-17,19H2,(H,31,37). The van der Waals surface area contributed by atoms with E-state index < -0.39 is 0 Å². The molecule has 0 bridgehead atoms. The summed E-state index contributed by atoms with van der Waals surface area (Å²) >= 11 is 0. The lowest BCUT2D eigenvalue weighted by Gasteiger charge is -2.32. The Bertz CT molecular complexity index is 1550. The maximum Gasteiger partial charge on any atom is 0.255 e. The third-order valence-electron chi connectivity index (χ3n) is 6.90. The van der Waals surface area contributed by atoms with E-state index in [0.29, 0.717) is 30.4 Å². The number of carbonyl (C=O) groups excluding carboxylic acids is 2. The topological polar surface area (TPSA) is 111 Å². The largest absolute Gasteiger partial charge is 0.339 e. The number of para-hydroxylation sites is 1. The van der Waals surface area contributed by atoms with Crippen molar-refractivity contribution in [2.24, 2.45) is 0 Å². The van der Waals surface area contributed by atoms with Gasteiger partial charge in [-0.1, -0.05) is 29.5 Å². The van der Waals surface area contributed by atoms with E-state index in [9.17, 15) is 9.59 Å². The van der Waals surface area contributed by atoms with Crippen LogP contribution < -0.4 is 5.32 Å². The van der Waals surface area contributed by atoms with E-state index in [-0.39, 0.29) is 18.4 Å². The molecule has 4 heterocycles. The summed E-state index contributed by atoms with van der Waals surface area (Å²) < 4.78 is 3.26. The molecule has 6 rings (SSSR count). The van der Waals surface area contributed by atoms with Crippen molar-refractivity contribution >= 4 is 28.5 Å². The van der Waals surface area contributed by atoms with Gasteiger partial charge in [0.05, 0.1) is 11.1 Å². The van der Waals surface area contributed by atoms with Gasteiger partial charge in [0.25, 0.3) is 5.91 Å². The second-order valence-corrected chi connectivity index (χ2v) is 9.33. The molecule has 10 heteroatoms. The van der Waals surface area contributed by atoms with Crippen LogP contribution in [0.4, 0.5) is 5.69 Å². The predicted octanol–water partition coefficient (Wildman–Crippen LogP) is 3.67. The zero-order valence-electron chi connectivity index (χ0n) is 20.6. The fraction of sp³-hybridized carbons (Fsp3) is 0.214. The van der Waals surface area contributed by atoms with Gasteiger partial charge in [-0.3, -0.25) is 9.59 Å². The molecule has 1 saturated heterocycles. The van der Waals surface area contributed by atoms with Crippen LogP contribution in [0.5, 0.6) is 0 Å². The highest BCUT2D eigenvalue weighted by Gasteiger charge is 2.25. The smallest absolute Gasteiger partial charge is 0.255 e. The maximum absolute atomic E-state index is 13.0. The molecule has 0 spiro atoms. The Morgan fingerprint density at radius 2 is 1.76 bits per heavy atom. The number of benzene rings is 2. The van der Waals surface area contributed by atoms with E-state index in [0.717, 1.165) is 29.6 Å². The molecule has 1 fully saturated rings. The van der Waals surface area contributed by atoms with Crippen LogP contribution in [0.15, 0.2) is 85.3 Å². The number of aromatic nitrogens is 6. The lowest BCUT2D eigenvalue weighted by atomic mass is 9.89. The zero-order valence-corrected chi connectivity index (χ0v) is 20.6. The SMILES string of the molecule is O=C(Cn1nnc2ccccc21)Nc1ccc(C2CCN(C(=O)c3ccc(-n4cccn4)nc3)CC2)cc1. The van der Waals surface area contributed by atoms with Gasteiger partial charge < -0.3 is 10.2 Å². The number of likely N-dealkylation sites (tertiary alicyclic amines) is 1. The van der Waals surface area contributed by atoms with E-state index in [1.807, 2.05) is 59.6 Å². The van der Waals surface area contributed by atoms with Gasteiger partial charge in [0, 0.05) is 37.4 Å². The van der Waals surface area contributed by atoms with E-state index in [2.05, 4.69) is 37.8 Å². The molecule has 0 unspecified atom stereocenters. The molecular weight excluding hydrogens is 480 g/mol. The molecule has 10 nitrogen and oxygen atoms in total. The van der Waals surface area contributed by atoms with Gasteiger partial charge >= 0.3 is 0 Å². The van der Waals surface area contributed by atoms with Gasteiger partial charge in [-0.05, 0) is 66.8 Å². The minimum absolute atomic E-state index is 0.00110. The number of piperidine rings is 1. The van der Waals surface area contributed by atoms with E-state index in [4.69, 9.17) is 0 Å². The molecule has 0 aliphatic carbocycles. The highest BCUT2D eigenvalue weighted by atomic mass is 16.2. The molecule has 38 heavy (non-hydrogen) atoms. The first-order valence-electron chi connectivity index (χ1n) is 12.6. The average molecular weight is 507 g/mol. The van der Waals surface area contributed by atoms with Gasteiger partial charge in [-0.15, -0.1) is 5.10 Å². The second-order valence-electron chi connectivity index (χ2n) is 9.33. The number of hydrogen-bond acceptors (Lipinski definition) is 6. The molecule has 1 N–H and O–H groups in total. The monoisotopic (exact) mass is 506 g/mol. The van der Waals surface area contributed by atoms with E-state index >= 15 is 0 Å². The zero-order chi connectivity index (χ0) is 25.9. The Hall–Kier alpha value is -4.86. The van der Waals surface area contributed by atoms with Crippen molar-refractivity contribution < 1.29 is 9.59 Å². The summed E-state index contributed by atoms with van der Waals surface area (Å²) in [6.45, 7) is 1.47. The Labute approximate surface area is 218 Å². The number of amides is 2. The number of rotatable bonds is 6. The summed E-state index contributed by atoms with van der Waals surface area (Å²) in [5.41, 5.74) is 4.12. The van der Waals surface area contributed by atoms with Crippen LogP contribution in [0.2, 0.25) is 0 Å². The van der Waals surface area contributed by atoms with Crippen molar-refractivity contribution in [3.8, 4) is 5.82 Å². The number of hydrogen-bond donors (Lipinski definition) is 1. The number of nitrogens with one attached hydrogen (secondary N) is 1. The van der Waals surface area contributed by atoms with Crippen molar-refractivity contribution in [2.45, 2.75) is 25.3 Å². The van der Waals surface area contributed by atoms with Crippen molar-refractivity contribution in [3.63, 3.8) is 0 Å². The van der Waals surface area contributed by atoms with Crippen LogP contribution >= 0.6 is 0 Å². The molecule has 2 aromatic carbocycles. The lowest BCUT2D eigenvalue weighted by molar-refractivity contribution is -0.116. The normalized spacial score (nSPS) is 14.1. The predicted molar refractivity (Wildman–Crippen MR) is 142 cm³/mol. The summed E-state index contributed by atoms with van der Waals surface area (Å²) in [7, 11) is 0. The van der Waals surface area contributed by atoms with Gasteiger partial charge in [-0.25, -0.2) is 14.3 Å². The van der Waals surface area contributed by atoms with Crippen LogP contribution in [-0.2, 0) is 11.3 Å². The van der Waals surface area contributed by atoms with Crippen LogP contribution in [0, 0.1) is 0 Å². The molecule has 0 saturated carbocycles. The second kappa shape index (κ2) is 10.3. The van der Waals surface area contributed by atoms with Crippen molar-refractivity contribution in [2.75, 3.05) is 18.4 Å². The molecule has 1 aliphatic rings. The fourth-order valence-electron chi connectivity index (χ4n) is 4.86. The number of pyridine rings is 1. The van der Waals surface area contributed by atoms with Crippen molar-refractivity contribution in [1.29, 1.82) is 0 Å². The molecule has 1 aliphatic heterocycles. The molecule has 5 aromatic rings. The first kappa shape index (κ1) is 23.5. The molecule has 0 radical (unpaired) electrons. The summed E-state index contributed by atoms with van der Waals surface area (Å²) in [4.78, 5) is 31.8. The molecular formula is C28H26N8O2. The van der Waals surface area contributed by atoms with Crippen LogP contribution in [0.25, 0.3) is 16.9 Å². The Kier molecular flexibility index (Phi) is 6.35. The number of anilines is 1. The Morgan fingerprint density at radius 1 is 0.947 bits per heavy atom. The Morgan fingerprint density at radius 3 is 2.50 bits per heavy atom. The summed E-state index contributed by atoms with van der Waals surface area (Å²) in [6.07, 6.45) is 6.89. The van der Waals surface area contributed by atoms with Gasteiger partial charge in [0.1, 0.15) is 12.1 Å². The van der Waals surface area contributed by atoms with E-state index in [1.54, 1.807) is 27.8 Å². The fourth-order valence-corrected chi connectivity index (χ4v) is 4.86. The number of fused-ring (bicyclic) bond motifs is 1. The van der Waals surface area contributed by atoms with Gasteiger partial charge in [0.2, 0.25) is 5.91 Å². The van der Waals surface area contributed by atoms with Gasteiger partial charge in [0.15, 0.2) is 5.82 Å². The minimum Gasteiger partial charge on any atom is -0.339 e. The van der Waals surface area contributed by atoms with Crippen LogP contribution in [0.1, 0.15) is 34.7 Å². The average Bonchev–Trinajstić information content (AvgIpc) is 3.64. The third kappa shape index (κ3) is 4.88. The summed E-state index contributed by atoms with van der Waals surface area (Å²) in [5, 5.41) is 15.3. The van der Waals surface area contributed by atoms with E-state index in [1.165, 1.54) is 5.56 Å². The molecule has 190 valence electrons. The highest BCUT2D eigenvalue weighted by Crippen LogP contribution is 2.29. The van der Waals surface area contributed by atoms with Crippen molar-refractivity contribution in [1.82, 2.24) is 34.7 Å². The molecule has 0 atom stereocenters. The van der Waals surface area contributed by atoms with Crippen molar-refractivity contribution in [3.05, 3.63) is 96.4 Å². The molecule has 2 amide bonds. The van der Waals surface area contributed by atoms with Crippen LogP contribution in [0.3, 0.4) is 0 Å². The van der Waals surface area contributed by atoms with Gasteiger partial charge in [-0.2, -0.15) is 5.10 Å². The third-order valence-corrected chi connectivity index (χ3v) is 6.90. The quantitative estimate of drug-likeness (QED) is 0.376. The maximum atomic E-state index is 13.0. The highest BCUT2D eigenvalue weighted by molar-refractivity contribution is 5.94.